The van der Waals surface area contributed by atoms with Crippen LogP contribution in [0.4, 0.5) is 0 Å². The van der Waals surface area contributed by atoms with Gasteiger partial charge in [0.1, 0.15) is 5.84 Å². The number of aliphatic imine (C=N–C) groups is 1. The van der Waals surface area contributed by atoms with Crippen LogP contribution in [0.25, 0.3) is 0 Å². The maximum atomic E-state index is 10.7. The molecule has 0 atom stereocenters. The highest BCUT2D eigenvalue weighted by Crippen LogP contribution is 2.07. The third kappa shape index (κ3) is 2.34. The van der Waals surface area contributed by atoms with E-state index in [1.54, 1.807) is 0 Å². The molecular formula is C11H13N3O. The van der Waals surface area contributed by atoms with Crippen molar-refractivity contribution in [1.29, 1.82) is 0 Å². The van der Waals surface area contributed by atoms with Crippen LogP contribution in [-0.2, 0) is 11.2 Å². The topological polar surface area (TPSA) is 67.5 Å². The number of carbonyl (C=O) groups is 1. The zero-order valence-electron chi connectivity index (χ0n) is 8.36. The first kappa shape index (κ1) is 9.71. The van der Waals surface area contributed by atoms with Crippen LogP contribution in [0.15, 0.2) is 29.3 Å². The van der Waals surface area contributed by atoms with Crippen LogP contribution < -0.4 is 11.1 Å². The van der Waals surface area contributed by atoms with E-state index in [0.29, 0.717) is 6.42 Å². The second-order valence-electron chi connectivity index (χ2n) is 3.50. The van der Waals surface area contributed by atoms with Gasteiger partial charge in [-0.25, -0.2) is 0 Å². The number of nitrogens with one attached hydrogen (secondary N) is 1. The van der Waals surface area contributed by atoms with Crippen LogP contribution in [0.3, 0.4) is 0 Å². The highest BCUT2D eigenvalue weighted by atomic mass is 16.1. The normalized spacial score (nSPS) is 14.5. The molecule has 0 bridgehead atoms. The number of hydrogen-bond acceptors (Lipinski definition) is 3. The van der Waals surface area contributed by atoms with E-state index in [0.717, 1.165) is 30.1 Å². The van der Waals surface area contributed by atoms with Gasteiger partial charge in [-0.15, -0.1) is 0 Å². The van der Waals surface area contributed by atoms with Gasteiger partial charge in [0.05, 0.1) is 13.0 Å². The molecule has 4 heteroatoms. The summed E-state index contributed by atoms with van der Waals surface area (Å²) in [5.41, 5.74) is 7.10. The first-order valence-corrected chi connectivity index (χ1v) is 4.91. The van der Waals surface area contributed by atoms with Gasteiger partial charge in [-0.2, -0.15) is 0 Å². The fourth-order valence-corrected chi connectivity index (χ4v) is 1.57. The molecular weight excluding hydrogens is 190 g/mol. The number of primary amides is 1. The average molecular weight is 203 g/mol. The van der Waals surface area contributed by atoms with Crippen LogP contribution in [0, 0.1) is 0 Å². The quantitative estimate of drug-likeness (QED) is 0.729. The Morgan fingerprint density at radius 2 is 2.13 bits per heavy atom. The fraction of sp³-hybridized carbons (Fsp3) is 0.273. The number of nitrogens with zero attached hydrogens (tertiary/aromatic N) is 1. The Hall–Kier alpha value is -1.84. The van der Waals surface area contributed by atoms with Crippen molar-refractivity contribution in [3.63, 3.8) is 0 Å². The van der Waals surface area contributed by atoms with Gasteiger partial charge in [-0.1, -0.05) is 24.3 Å². The zero-order chi connectivity index (χ0) is 10.7. The molecule has 2 rings (SSSR count). The monoisotopic (exact) mass is 203 g/mol. The standard InChI is InChI=1S/C11H13N3O/c12-10(15)7-8-1-3-9(4-2-8)11-13-5-6-14-11/h1-4H,5-7H2,(H2,12,15)(H,13,14). The molecule has 1 heterocycles. The summed E-state index contributed by atoms with van der Waals surface area (Å²) in [6.07, 6.45) is 0.292. The lowest BCUT2D eigenvalue weighted by Gasteiger charge is -2.03. The number of rotatable bonds is 3. The number of nitrogens with two attached hydrogens (primary N) is 1. The molecule has 1 aliphatic heterocycles. The molecule has 3 N–H and O–H groups in total. The molecule has 0 radical (unpaired) electrons. The van der Waals surface area contributed by atoms with E-state index in [9.17, 15) is 4.79 Å². The van der Waals surface area contributed by atoms with Crippen molar-refractivity contribution in [3.05, 3.63) is 35.4 Å². The second-order valence-corrected chi connectivity index (χ2v) is 3.50. The van der Waals surface area contributed by atoms with Crippen LogP contribution in [0.2, 0.25) is 0 Å². The summed E-state index contributed by atoms with van der Waals surface area (Å²) in [5.74, 6) is 0.625. The first-order chi connectivity index (χ1) is 7.25. The van der Waals surface area contributed by atoms with Gasteiger partial charge in [0.25, 0.3) is 0 Å². The number of amides is 1. The molecule has 0 aromatic heterocycles. The predicted octanol–water partition coefficient (Wildman–Crippen LogP) is 0.0642. The van der Waals surface area contributed by atoms with Gasteiger partial charge < -0.3 is 11.1 Å². The Bertz CT molecular complexity index is 395. The molecule has 0 spiro atoms. The van der Waals surface area contributed by atoms with Crippen LogP contribution >= 0.6 is 0 Å². The summed E-state index contributed by atoms with van der Waals surface area (Å²) in [4.78, 5) is 15.0. The summed E-state index contributed by atoms with van der Waals surface area (Å²) in [6.45, 7) is 1.73. The maximum Gasteiger partial charge on any atom is 0.221 e. The summed E-state index contributed by atoms with van der Waals surface area (Å²) < 4.78 is 0. The molecule has 1 aromatic rings. The molecule has 4 nitrogen and oxygen atoms in total. The maximum absolute atomic E-state index is 10.7. The van der Waals surface area contributed by atoms with Gasteiger partial charge in [-0.3, -0.25) is 9.79 Å². The van der Waals surface area contributed by atoms with E-state index in [1.165, 1.54) is 0 Å². The van der Waals surface area contributed by atoms with Crippen molar-refractivity contribution < 1.29 is 4.79 Å². The Morgan fingerprint density at radius 3 is 2.67 bits per heavy atom. The van der Waals surface area contributed by atoms with E-state index < -0.39 is 0 Å². The molecule has 15 heavy (non-hydrogen) atoms. The van der Waals surface area contributed by atoms with Gasteiger partial charge >= 0.3 is 0 Å². The Morgan fingerprint density at radius 1 is 1.40 bits per heavy atom. The Labute approximate surface area is 88.2 Å². The van der Waals surface area contributed by atoms with Gasteiger partial charge in [0.15, 0.2) is 0 Å². The molecule has 1 amide bonds. The van der Waals surface area contributed by atoms with Gasteiger partial charge in [0, 0.05) is 12.1 Å². The van der Waals surface area contributed by atoms with Crippen molar-refractivity contribution in [2.75, 3.05) is 13.1 Å². The van der Waals surface area contributed by atoms with Crippen molar-refractivity contribution in [3.8, 4) is 0 Å². The molecule has 1 aromatic carbocycles. The largest absolute Gasteiger partial charge is 0.369 e. The molecule has 0 aliphatic carbocycles. The number of carbonyl (C=O) groups excluding carboxylic acids is 1. The minimum absolute atomic E-state index is 0.292. The summed E-state index contributed by atoms with van der Waals surface area (Å²) in [6, 6.07) is 7.72. The highest BCUT2D eigenvalue weighted by molar-refractivity contribution is 5.99. The van der Waals surface area contributed by atoms with Crippen molar-refractivity contribution in [2.24, 2.45) is 10.7 Å². The van der Waals surface area contributed by atoms with Crippen molar-refractivity contribution >= 4 is 11.7 Å². The number of benzene rings is 1. The summed E-state index contributed by atoms with van der Waals surface area (Å²) in [5, 5.41) is 3.19. The second kappa shape index (κ2) is 4.13. The SMILES string of the molecule is NC(=O)Cc1ccc(C2=NCCN2)cc1. The molecule has 0 saturated carbocycles. The van der Waals surface area contributed by atoms with E-state index in [2.05, 4.69) is 10.3 Å². The van der Waals surface area contributed by atoms with E-state index in [4.69, 9.17) is 5.73 Å². The van der Waals surface area contributed by atoms with E-state index >= 15 is 0 Å². The van der Waals surface area contributed by atoms with Crippen molar-refractivity contribution in [1.82, 2.24) is 5.32 Å². The van der Waals surface area contributed by atoms with Gasteiger partial charge in [0.2, 0.25) is 5.91 Å². The molecule has 0 fully saturated rings. The van der Waals surface area contributed by atoms with E-state index in [-0.39, 0.29) is 5.91 Å². The molecule has 0 saturated heterocycles. The summed E-state index contributed by atoms with van der Waals surface area (Å²) >= 11 is 0. The van der Waals surface area contributed by atoms with E-state index in [1.807, 2.05) is 24.3 Å². The Balaban J connectivity index is 2.13. The minimum Gasteiger partial charge on any atom is -0.369 e. The van der Waals surface area contributed by atoms with Crippen LogP contribution in [0.5, 0.6) is 0 Å². The molecule has 1 aliphatic rings. The zero-order valence-corrected chi connectivity index (χ0v) is 8.36. The third-order valence-corrected chi connectivity index (χ3v) is 2.28. The van der Waals surface area contributed by atoms with Crippen molar-refractivity contribution in [2.45, 2.75) is 6.42 Å². The lowest BCUT2D eigenvalue weighted by Crippen LogP contribution is -2.19. The van der Waals surface area contributed by atoms with Crippen LogP contribution in [0.1, 0.15) is 11.1 Å². The summed E-state index contributed by atoms with van der Waals surface area (Å²) in [7, 11) is 0. The first-order valence-electron chi connectivity index (χ1n) is 4.91. The van der Waals surface area contributed by atoms with Gasteiger partial charge in [-0.05, 0) is 5.56 Å². The average Bonchev–Trinajstić information content (AvgIpc) is 2.71. The molecule has 0 unspecified atom stereocenters. The number of amidine groups is 1. The highest BCUT2D eigenvalue weighted by Gasteiger charge is 2.07. The third-order valence-electron chi connectivity index (χ3n) is 2.28. The smallest absolute Gasteiger partial charge is 0.221 e. The fourth-order valence-electron chi connectivity index (χ4n) is 1.57. The lowest BCUT2D eigenvalue weighted by atomic mass is 10.1. The lowest BCUT2D eigenvalue weighted by molar-refractivity contribution is -0.117. The number of hydrogen-bond donors (Lipinski definition) is 2. The predicted molar refractivity (Wildman–Crippen MR) is 58.7 cm³/mol. The van der Waals surface area contributed by atoms with Crippen LogP contribution in [-0.4, -0.2) is 24.8 Å². The minimum atomic E-state index is -0.306. The molecule has 78 valence electrons. The Kier molecular flexibility index (Phi) is 2.67.